The van der Waals surface area contributed by atoms with E-state index in [1.807, 2.05) is 6.08 Å². The molecule has 0 saturated carbocycles. The van der Waals surface area contributed by atoms with Crippen LogP contribution >= 0.6 is 0 Å². The molecule has 0 bridgehead atoms. The first-order valence-corrected chi connectivity index (χ1v) is 32.3. The lowest BCUT2D eigenvalue weighted by atomic mass is 10.0. The van der Waals surface area contributed by atoms with Crippen molar-refractivity contribution < 1.29 is 28.6 Å². The summed E-state index contributed by atoms with van der Waals surface area (Å²) < 4.78 is 16.7. The number of ether oxygens (including phenoxy) is 3. The van der Waals surface area contributed by atoms with Crippen LogP contribution in [-0.4, -0.2) is 37.2 Å². The second-order valence-corrected chi connectivity index (χ2v) is 20.9. The molecule has 1 unspecified atom stereocenters. The molecule has 0 fully saturated rings. The Morgan fingerprint density at radius 1 is 0.278 bits per heavy atom. The van der Waals surface area contributed by atoms with E-state index in [4.69, 9.17) is 14.2 Å². The Bertz CT molecular complexity index is 1730. The number of carbonyl (C=O) groups excluding carboxylic acids is 3. The third-order valence-electron chi connectivity index (χ3n) is 13.3. The zero-order valence-corrected chi connectivity index (χ0v) is 51.1. The third-order valence-corrected chi connectivity index (χ3v) is 13.3. The summed E-state index contributed by atoms with van der Waals surface area (Å²) in [6.07, 6.45) is 94.7. The smallest absolute Gasteiger partial charge is 0.310 e. The van der Waals surface area contributed by atoms with E-state index in [0.717, 1.165) is 96.3 Å². The molecular weight excluding hydrogens is 973 g/mol. The van der Waals surface area contributed by atoms with Gasteiger partial charge in [0, 0.05) is 12.8 Å². The van der Waals surface area contributed by atoms with Gasteiger partial charge < -0.3 is 14.2 Å². The number of carbonyl (C=O) groups is 3. The minimum atomic E-state index is -0.855. The zero-order valence-electron chi connectivity index (χ0n) is 51.1. The van der Waals surface area contributed by atoms with Crippen LogP contribution in [0.5, 0.6) is 0 Å². The van der Waals surface area contributed by atoms with E-state index in [0.29, 0.717) is 19.3 Å². The highest BCUT2D eigenvalue weighted by Gasteiger charge is 2.19. The molecule has 0 aliphatic rings. The molecular formula is C73H118O6. The summed E-state index contributed by atoms with van der Waals surface area (Å²) in [5.74, 6) is -1.11. The molecule has 0 rings (SSSR count). The molecule has 79 heavy (non-hydrogen) atoms. The predicted molar refractivity (Wildman–Crippen MR) is 343 cm³/mol. The van der Waals surface area contributed by atoms with Gasteiger partial charge in [-0.25, -0.2) is 0 Å². The number of allylic oxidation sites excluding steroid dienone is 23. The lowest BCUT2D eigenvalue weighted by Gasteiger charge is -2.18. The number of unbranched alkanes of at least 4 members (excludes halogenated alkanes) is 23. The van der Waals surface area contributed by atoms with Gasteiger partial charge in [0.25, 0.3) is 0 Å². The van der Waals surface area contributed by atoms with Crippen LogP contribution in [0.4, 0.5) is 0 Å². The van der Waals surface area contributed by atoms with Crippen molar-refractivity contribution in [3.05, 3.63) is 146 Å². The van der Waals surface area contributed by atoms with Gasteiger partial charge in [-0.1, -0.05) is 282 Å². The van der Waals surface area contributed by atoms with E-state index in [-0.39, 0.29) is 38.0 Å². The molecule has 0 aromatic rings. The van der Waals surface area contributed by atoms with Gasteiger partial charge in [-0.15, -0.1) is 0 Å². The van der Waals surface area contributed by atoms with Crippen molar-refractivity contribution in [1.82, 2.24) is 0 Å². The van der Waals surface area contributed by atoms with Gasteiger partial charge in [-0.05, 0) is 122 Å². The minimum absolute atomic E-state index is 0.0827. The molecule has 0 aliphatic carbocycles. The fourth-order valence-electron chi connectivity index (χ4n) is 8.58. The first-order chi connectivity index (χ1) is 39.0. The van der Waals surface area contributed by atoms with Crippen molar-refractivity contribution in [2.24, 2.45) is 0 Å². The van der Waals surface area contributed by atoms with Crippen molar-refractivity contribution in [1.29, 1.82) is 0 Å². The van der Waals surface area contributed by atoms with Crippen molar-refractivity contribution in [2.45, 2.75) is 284 Å². The van der Waals surface area contributed by atoms with Crippen molar-refractivity contribution in [2.75, 3.05) is 13.2 Å². The van der Waals surface area contributed by atoms with Gasteiger partial charge >= 0.3 is 17.9 Å². The molecule has 0 aliphatic heterocycles. The molecule has 0 saturated heterocycles. The molecule has 0 aromatic carbocycles. The second kappa shape index (κ2) is 65.8. The molecule has 6 heteroatoms. The minimum Gasteiger partial charge on any atom is -0.462 e. The molecule has 0 heterocycles. The highest BCUT2D eigenvalue weighted by molar-refractivity contribution is 5.72. The third kappa shape index (κ3) is 64.0. The van der Waals surface area contributed by atoms with E-state index >= 15 is 0 Å². The quantitative estimate of drug-likeness (QED) is 0.0261. The first-order valence-electron chi connectivity index (χ1n) is 32.3. The Morgan fingerprint density at radius 3 is 0.861 bits per heavy atom. The van der Waals surface area contributed by atoms with Crippen LogP contribution in [0.15, 0.2) is 146 Å². The average Bonchev–Trinajstić information content (AvgIpc) is 3.45. The monoisotopic (exact) mass is 1090 g/mol. The Balaban J connectivity index is 4.32. The highest BCUT2D eigenvalue weighted by atomic mass is 16.6. The van der Waals surface area contributed by atoms with E-state index < -0.39 is 12.1 Å². The highest BCUT2D eigenvalue weighted by Crippen LogP contribution is 2.16. The van der Waals surface area contributed by atoms with E-state index in [1.165, 1.54) is 128 Å². The predicted octanol–water partition coefficient (Wildman–Crippen LogP) is 22.3. The van der Waals surface area contributed by atoms with Crippen LogP contribution in [0.25, 0.3) is 0 Å². The van der Waals surface area contributed by atoms with Crippen molar-refractivity contribution in [3.8, 4) is 0 Å². The maximum Gasteiger partial charge on any atom is 0.310 e. The summed E-state index contributed by atoms with van der Waals surface area (Å²) in [7, 11) is 0. The lowest BCUT2D eigenvalue weighted by Crippen LogP contribution is -2.30. The first kappa shape index (κ1) is 74.3. The topological polar surface area (TPSA) is 78.9 Å². The van der Waals surface area contributed by atoms with Gasteiger partial charge in [0.05, 0.1) is 6.42 Å². The van der Waals surface area contributed by atoms with Crippen LogP contribution in [0.1, 0.15) is 278 Å². The number of esters is 3. The summed E-state index contributed by atoms with van der Waals surface area (Å²) in [6.45, 7) is 6.28. The van der Waals surface area contributed by atoms with Crippen LogP contribution in [0, 0.1) is 0 Å². The largest absolute Gasteiger partial charge is 0.462 e. The van der Waals surface area contributed by atoms with Crippen LogP contribution < -0.4 is 0 Å². The van der Waals surface area contributed by atoms with Gasteiger partial charge in [0.2, 0.25) is 0 Å². The van der Waals surface area contributed by atoms with Crippen LogP contribution in [0.2, 0.25) is 0 Å². The summed E-state index contributed by atoms with van der Waals surface area (Å²) in [5.41, 5.74) is 0. The number of hydrogen-bond donors (Lipinski definition) is 0. The lowest BCUT2D eigenvalue weighted by molar-refractivity contribution is -0.166. The average molecular weight is 1090 g/mol. The van der Waals surface area contributed by atoms with Gasteiger partial charge in [-0.2, -0.15) is 0 Å². The maximum atomic E-state index is 12.8. The summed E-state index contributed by atoms with van der Waals surface area (Å²) in [6, 6.07) is 0. The summed E-state index contributed by atoms with van der Waals surface area (Å²) in [5, 5.41) is 0. The van der Waals surface area contributed by atoms with E-state index in [9.17, 15) is 14.4 Å². The Morgan fingerprint density at radius 2 is 0.532 bits per heavy atom. The molecule has 0 amide bonds. The number of rotatable bonds is 57. The molecule has 1 atom stereocenters. The Hall–Kier alpha value is -4.71. The molecule has 0 aromatic heterocycles. The molecule has 6 nitrogen and oxygen atoms in total. The second-order valence-electron chi connectivity index (χ2n) is 20.9. The SMILES string of the molecule is CC/C=C\C/C=C\C/C=C\C/C=C\C/C=C\CC(=O)OC(COC(=O)CCCC/C=C\C/C=C\C/C=C\C/C=C\CC)COC(=O)CCCCCCCCCCCCCCCCCC/C=C\C/C=C\C/C=C\CCCCCCC. The Kier molecular flexibility index (Phi) is 61.9. The van der Waals surface area contributed by atoms with Crippen LogP contribution in [0.3, 0.4) is 0 Å². The maximum absolute atomic E-state index is 12.8. The molecule has 446 valence electrons. The van der Waals surface area contributed by atoms with Crippen molar-refractivity contribution in [3.63, 3.8) is 0 Å². The Labute approximate surface area is 487 Å². The number of hydrogen-bond acceptors (Lipinski definition) is 6. The van der Waals surface area contributed by atoms with Gasteiger partial charge in [-0.3, -0.25) is 14.4 Å². The van der Waals surface area contributed by atoms with Gasteiger partial charge in [0.15, 0.2) is 6.10 Å². The summed E-state index contributed by atoms with van der Waals surface area (Å²) >= 11 is 0. The van der Waals surface area contributed by atoms with Gasteiger partial charge in [0.1, 0.15) is 13.2 Å². The van der Waals surface area contributed by atoms with E-state index in [1.54, 1.807) is 6.08 Å². The van der Waals surface area contributed by atoms with Crippen LogP contribution in [-0.2, 0) is 28.6 Å². The standard InChI is InChI=1S/C73H118O6/c1-4-7-10-13-16-19-22-25-28-29-30-31-32-33-34-35-36-37-38-39-40-41-42-43-46-48-51-54-57-60-63-66-72(75)78-69-70(79-73(76)67-64-61-58-55-52-49-45-27-24-21-18-15-12-9-6-3)68-77-71(74)65-62-59-56-53-50-47-44-26-23-20-17-14-11-8-5-2/h8-9,11-12,17-18,20-22,25-27,29-30,32-33,44-45,50,52-53,55,61,64,70H,4-7,10,13-16,19,23-24,28,31,34-43,46-49,51,54,56-60,62-63,65-69H2,1-3H3/b11-8-,12-9-,20-17-,21-18-,25-22-,30-29-,33-32-,44-26-,45-27-,53-50-,55-52-,64-61-. The van der Waals surface area contributed by atoms with Crippen molar-refractivity contribution >= 4 is 17.9 Å². The normalized spacial score (nSPS) is 13.1. The molecule has 0 N–H and O–H groups in total. The fourth-order valence-corrected chi connectivity index (χ4v) is 8.58. The van der Waals surface area contributed by atoms with E-state index in [2.05, 4.69) is 154 Å². The molecule has 0 radical (unpaired) electrons. The summed E-state index contributed by atoms with van der Waals surface area (Å²) in [4.78, 5) is 38.2. The fraction of sp³-hybridized carbons (Fsp3) is 0.630. The zero-order chi connectivity index (χ0) is 57.1. The molecule has 0 spiro atoms.